The molecule has 1 aliphatic rings. The normalized spacial score (nSPS) is 13.8. The fourth-order valence-electron chi connectivity index (χ4n) is 2.55. The molecule has 1 N–H and O–H groups in total. The van der Waals surface area contributed by atoms with Gasteiger partial charge in [0, 0.05) is 22.8 Å². The zero-order valence-electron chi connectivity index (χ0n) is 13.6. The van der Waals surface area contributed by atoms with Crippen LogP contribution >= 0.6 is 22.9 Å². The summed E-state index contributed by atoms with van der Waals surface area (Å²) in [5.41, 5.74) is 1.47. The SMILES string of the molecule is COc1ccc(Cl)cc1Cn1c(C)c(C(=O)NCC2CC2)sc1=O. The van der Waals surface area contributed by atoms with E-state index in [-0.39, 0.29) is 10.8 Å². The molecule has 2 aromatic rings. The zero-order valence-corrected chi connectivity index (χ0v) is 15.2. The van der Waals surface area contributed by atoms with Crippen LogP contribution in [0.15, 0.2) is 23.0 Å². The van der Waals surface area contributed by atoms with Crippen molar-refractivity contribution in [2.75, 3.05) is 13.7 Å². The smallest absolute Gasteiger partial charge is 0.308 e. The van der Waals surface area contributed by atoms with Gasteiger partial charge in [-0.05, 0) is 43.9 Å². The number of carbonyl (C=O) groups is 1. The maximum absolute atomic E-state index is 12.3. The highest BCUT2D eigenvalue weighted by Gasteiger charge is 2.24. The Kier molecular flexibility index (Phi) is 4.96. The van der Waals surface area contributed by atoms with Gasteiger partial charge in [0.1, 0.15) is 10.6 Å². The Morgan fingerprint density at radius 3 is 2.88 bits per heavy atom. The van der Waals surface area contributed by atoms with Crippen LogP contribution in [0.25, 0.3) is 0 Å². The summed E-state index contributed by atoms with van der Waals surface area (Å²) in [6, 6.07) is 5.29. The molecular formula is C17H19ClN2O3S. The first-order valence-electron chi connectivity index (χ1n) is 7.80. The largest absolute Gasteiger partial charge is 0.496 e. The molecule has 128 valence electrons. The number of aromatic nitrogens is 1. The van der Waals surface area contributed by atoms with Gasteiger partial charge in [-0.3, -0.25) is 14.2 Å². The molecule has 0 unspecified atom stereocenters. The van der Waals surface area contributed by atoms with E-state index in [2.05, 4.69) is 5.32 Å². The van der Waals surface area contributed by atoms with E-state index in [9.17, 15) is 9.59 Å². The minimum atomic E-state index is -0.168. The Morgan fingerprint density at radius 2 is 2.21 bits per heavy atom. The monoisotopic (exact) mass is 366 g/mol. The van der Waals surface area contributed by atoms with Gasteiger partial charge in [0.2, 0.25) is 0 Å². The molecule has 1 aliphatic carbocycles. The van der Waals surface area contributed by atoms with E-state index >= 15 is 0 Å². The molecule has 24 heavy (non-hydrogen) atoms. The van der Waals surface area contributed by atoms with Gasteiger partial charge >= 0.3 is 4.87 Å². The lowest BCUT2D eigenvalue weighted by atomic mass is 10.2. The van der Waals surface area contributed by atoms with Crippen LogP contribution in [0.3, 0.4) is 0 Å². The Labute approximate surface area is 149 Å². The maximum Gasteiger partial charge on any atom is 0.308 e. The van der Waals surface area contributed by atoms with E-state index in [0.29, 0.717) is 40.4 Å². The average molecular weight is 367 g/mol. The van der Waals surface area contributed by atoms with Crippen molar-refractivity contribution in [1.82, 2.24) is 9.88 Å². The summed E-state index contributed by atoms with van der Waals surface area (Å²) in [7, 11) is 1.58. The summed E-state index contributed by atoms with van der Waals surface area (Å²) in [5, 5.41) is 3.49. The van der Waals surface area contributed by atoms with Gasteiger partial charge in [0.25, 0.3) is 5.91 Å². The lowest BCUT2D eigenvalue weighted by Crippen LogP contribution is -2.25. The quantitative estimate of drug-likeness (QED) is 0.854. The molecule has 1 saturated carbocycles. The summed E-state index contributed by atoms with van der Waals surface area (Å²) in [5.74, 6) is 1.10. The number of halogens is 1. The Morgan fingerprint density at radius 1 is 1.46 bits per heavy atom. The molecule has 0 radical (unpaired) electrons. The van der Waals surface area contributed by atoms with Gasteiger partial charge < -0.3 is 10.1 Å². The van der Waals surface area contributed by atoms with Crippen LogP contribution in [0, 0.1) is 12.8 Å². The van der Waals surface area contributed by atoms with Crippen molar-refractivity contribution in [3.63, 3.8) is 0 Å². The molecule has 1 aromatic carbocycles. The fraction of sp³-hybridized carbons (Fsp3) is 0.412. The number of carbonyl (C=O) groups excluding carboxylic acids is 1. The Balaban J connectivity index is 1.85. The predicted molar refractivity (Wildman–Crippen MR) is 95.5 cm³/mol. The lowest BCUT2D eigenvalue weighted by Gasteiger charge is -2.11. The van der Waals surface area contributed by atoms with Gasteiger partial charge in [0.05, 0.1) is 13.7 Å². The number of rotatable bonds is 6. The van der Waals surface area contributed by atoms with Crippen molar-refractivity contribution in [3.05, 3.63) is 49.0 Å². The van der Waals surface area contributed by atoms with Crippen molar-refractivity contribution in [2.45, 2.75) is 26.3 Å². The van der Waals surface area contributed by atoms with Crippen LogP contribution in [0.2, 0.25) is 5.02 Å². The highest BCUT2D eigenvalue weighted by atomic mass is 35.5. The topological polar surface area (TPSA) is 60.3 Å². The van der Waals surface area contributed by atoms with Gasteiger partial charge in [0.15, 0.2) is 0 Å². The number of benzene rings is 1. The average Bonchev–Trinajstić information content (AvgIpc) is 3.34. The standard InChI is InChI=1S/C17H19ClN2O3S/c1-10-15(16(21)19-8-11-3-4-11)24-17(22)20(10)9-12-7-13(18)5-6-14(12)23-2/h5-7,11H,3-4,8-9H2,1-2H3,(H,19,21). The van der Waals surface area contributed by atoms with Crippen molar-refractivity contribution in [3.8, 4) is 5.75 Å². The zero-order chi connectivity index (χ0) is 17.3. The third-order valence-electron chi connectivity index (χ3n) is 4.17. The lowest BCUT2D eigenvalue weighted by molar-refractivity contribution is 0.0954. The van der Waals surface area contributed by atoms with Crippen LogP contribution in [0.4, 0.5) is 0 Å². The third-order valence-corrected chi connectivity index (χ3v) is 5.48. The second kappa shape index (κ2) is 6.99. The minimum Gasteiger partial charge on any atom is -0.496 e. The first-order chi connectivity index (χ1) is 11.5. The Hall–Kier alpha value is -1.79. The van der Waals surface area contributed by atoms with Crippen LogP contribution in [0.5, 0.6) is 5.75 Å². The van der Waals surface area contributed by atoms with Crippen LogP contribution in [-0.4, -0.2) is 24.1 Å². The number of ether oxygens (including phenoxy) is 1. The van der Waals surface area contributed by atoms with Gasteiger partial charge in [-0.1, -0.05) is 22.9 Å². The summed E-state index contributed by atoms with van der Waals surface area (Å²) >= 11 is 7.03. The molecule has 0 atom stereocenters. The summed E-state index contributed by atoms with van der Waals surface area (Å²) < 4.78 is 6.92. The number of amides is 1. The summed E-state index contributed by atoms with van der Waals surface area (Å²) in [4.78, 5) is 24.9. The number of thiazole rings is 1. The van der Waals surface area contributed by atoms with E-state index < -0.39 is 0 Å². The highest BCUT2D eigenvalue weighted by molar-refractivity contribution is 7.11. The molecular weight excluding hydrogens is 348 g/mol. The number of nitrogens with one attached hydrogen (secondary N) is 1. The molecule has 1 amide bonds. The maximum atomic E-state index is 12.3. The predicted octanol–water partition coefficient (Wildman–Crippen LogP) is 3.07. The third kappa shape index (κ3) is 3.65. The van der Waals surface area contributed by atoms with E-state index in [0.717, 1.165) is 16.9 Å². The van der Waals surface area contributed by atoms with Crippen LogP contribution in [-0.2, 0) is 6.54 Å². The van der Waals surface area contributed by atoms with Gasteiger partial charge in [-0.2, -0.15) is 0 Å². The molecule has 1 heterocycles. The van der Waals surface area contributed by atoms with Crippen molar-refractivity contribution >= 4 is 28.8 Å². The molecule has 0 bridgehead atoms. The summed E-state index contributed by atoms with van der Waals surface area (Å²) in [6.07, 6.45) is 2.34. The molecule has 5 nitrogen and oxygen atoms in total. The van der Waals surface area contributed by atoms with Crippen molar-refractivity contribution in [1.29, 1.82) is 0 Å². The molecule has 7 heteroatoms. The number of methoxy groups -OCH3 is 1. The minimum absolute atomic E-state index is 0.161. The van der Waals surface area contributed by atoms with E-state index in [1.807, 2.05) is 0 Å². The molecule has 0 saturated heterocycles. The van der Waals surface area contributed by atoms with Crippen molar-refractivity contribution in [2.24, 2.45) is 5.92 Å². The molecule has 1 fully saturated rings. The summed E-state index contributed by atoms with van der Waals surface area (Å²) in [6.45, 7) is 2.80. The second-order valence-corrected chi connectivity index (χ2v) is 7.38. The fourth-order valence-corrected chi connectivity index (χ4v) is 3.65. The Bertz CT molecular complexity index is 824. The first-order valence-corrected chi connectivity index (χ1v) is 9.00. The van der Waals surface area contributed by atoms with Crippen molar-refractivity contribution < 1.29 is 9.53 Å². The highest BCUT2D eigenvalue weighted by Crippen LogP contribution is 2.28. The first kappa shape index (κ1) is 17.0. The molecule has 0 spiro atoms. The van der Waals surface area contributed by atoms with E-state index in [1.54, 1.807) is 36.8 Å². The van der Waals surface area contributed by atoms with E-state index in [4.69, 9.17) is 16.3 Å². The van der Waals surface area contributed by atoms with Crippen LogP contribution in [0.1, 0.15) is 33.8 Å². The number of hydrogen-bond acceptors (Lipinski definition) is 4. The van der Waals surface area contributed by atoms with Gasteiger partial charge in [-0.15, -0.1) is 0 Å². The van der Waals surface area contributed by atoms with Gasteiger partial charge in [-0.25, -0.2) is 0 Å². The second-order valence-electron chi connectivity index (χ2n) is 5.98. The molecule has 0 aliphatic heterocycles. The van der Waals surface area contributed by atoms with E-state index in [1.165, 1.54) is 12.8 Å². The molecule has 1 aromatic heterocycles. The molecule has 3 rings (SSSR count). The number of hydrogen-bond donors (Lipinski definition) is 1. The van der Waals surface area contributed by atoms with Crippen LogP contribution < -0.4 is 14.9 Å². The number of nitrogens with zero attached hydrogens (tertiary/aromatic N) is 1.